The number of nitrogens with one attached hydrogen (secondary N) is 1. The summed E-state index contributed by atoms with van der Waals surface area (Å²) in [4.78, 5) is 26.6. The third-order valence-corrected chi connectivity index (χ3v) is 3.51. The van der Waals surface area contributed by atoms with Crippen LogP contribution in [0, 0.1) is 11.4 Å². The van der Waals surface area contributed by atoms with Gasteiger partial charge < -0.3 is 10.4 Å². The van der Waals surface area contributed by atoms with Crippen LogP contribution in [0.3, 0.4) is 0 Å². The standard InChI is InChI=1S/C13H17FN2O3/c1-12(2,11(18)19)13(3,4)16-10(17)8-5-6-15-9(14)7-8/h5-7H,1-4H3,(H,16,17)(H,18,19). The number of carbonyl (C=O) groups is 2. The lowest BCUT2D eigenvalue weighted by molar-refractivity contribution is -0.150. The molecular formula is C13H17FN2O3. The largest absolute Gasteiger partial charge is 0.481 e. The minimum Gasteiger partial charge on any atom is -0.481 e. The molecule has 0 aliphatic rings. The molecule has 0 atom stereocenters. The number of carboxylic acid groups (broad SMARTS) is 1. The maximum absolute atomic E-state index is 12.9. The van der Waals surface area contributed by atoms with Gasteiger partial charge in [0.15, 0.2) is 0 Å². The second-order valence-corrected chi connectivity index (χ2v) is 5.38. The summed E-state index contributed by atoms with van der Waals surface area (Å²) in [5.41, 5.74) is -2.08. The molecule has 0 aliphatic carbocycles. The first-order chi connectivity index (χ1) is 8.58. The van der Waals surface area contributed by atoms with Crippen molar-refractivity contribution in [1.29, 1.82) is 0 Å². The van der Waals surface area contributed by atoms with Crippen molar-refractivity contribution in [3.05, 3.63) is 29.8 Å². The lowest BCUT2D eigenvalue weighted by atomic mass is 9.74. The number of hydrogen-bond acceptors (Lipinski definition) is 3. The highest BCUT2D eigenvalue weighted by atomic mass is 19.1. The molecule has 6 heteroatoms. The fourth-order valence-corrected chi connectivity index (χ4v) is 1.32. The molecule has 5 nitrogen and oxygen atoms in total. The van der Waals surface area contributed by atoms with Crippen LogP contribution in [0.2, 0.25) is 0 Å². The summed E-state index contributed by atoms with van der Waals surface area (Å²) < 4.78 is 12.9. The molecule has 2 N–H and O–H groups in total. The van der Waals surface area contributed by atoms with Crippen molar-refractivity contribution in [3.8, 4) is 0 Å². The van der Waals surface area contributed by atoms with Gasteiger partial charge in [0, 0.05) is 17.8 Å². The first-order valence-corrected chi connectivity index (χ1v) is 5.75. The van der Waals surface area contributed by atoms with Gasteiger partial charge in [-0.1, -0.05) is 0 Å². The molecule has 1 aromatic heterocycles. The second-order valence-electron chi connectivity index (χ2n) is 5.38. The zero-order valence-electron chi connectivity index (χ0n) is 11.3. The van der Waals surface area contributed by atoms with Gasteiger partial charge in [-0.2, -0.15) is 4.39 Å². The van der Waals surface area contributed by atoms with E-state index in [9.17, 15) is 19.1 Å². The van der Waals surface area contributed by atoms with Crippen LogP contribution in [0.25, 0.3) is 0 Å². The number of nitrogens with zero attached hydrogens (tertiary/aromatic N) is 1. The van der Waals surface area contributed by atoms with Crippen molar-refractivity contribution in [3.63, 3.8) is 0 Å². The van der Waals surface area contributed by atoms with Crippen LogP contribution >= 0.6 is 0 Å². The predicted molar refractivity (Wildman–Crippen MR) is 67.2 cm³/mol. The Labute approximate surface area is 110 Å². The summed E-state index contributed by atoms with van der Waals surface area (Å²) in [7, 11) is 0. The number of aliphatic carboxylic acids is 1. The summed E-state index contributed by atoms with van der Waals surface area (Å²) in [6.45, 7) is 6.25. The number of hydrogen-bond donors (Lipinski definition) is 2. The lowest BCUT2D eigenvalue weighted by Gasteiger charge is -2.38. The number of carbonyl (C=O) groups excluding carboxylic acids is 1. The molecule has 1 aromatic rings. The highest BCUT2D eigenvalue weighted by Crippen LogP contribution is 2.30. The van der Waals surface area contributed by atoms with E-state index in [2.05, 4.69) is 10.3 Å². The predicted octanol–water partition coefficient (Wildman–Crippen LogP) is 1.84. The van der Waals surface area contributed by atoms with Crippen LogP contribution < -0.4 is 5.32 Å². The molecule has 0 aliphatic heterocycles. The van der Waals surface area contributed by atoms with Gasteiger partial charge in [0.1, 0.15) is 0 Å². The van der Waals surface area contributed by atoms with E-state index in [1.807, 2.05) is 0 Å². The van der Waals surface area contributed by atoms with E-state index < -0.39 is 28.8 Å². The fourth-order valence-electron chi connectivity index (χ4n) is 1.32. The molecule has 0 unspecified atom stereocenters. The third kappa shape index (κ3) is 3.07. The minimum absolute atomic E-state index is 0.0989. The van der Waals surface area contributed by atoms with Crippen molar-refractivity contribution >= 4 is 11.9 Å². The van der Waals surface area contributed by atoms with Crippen LogP contribution in [-0.4, -0.2) is 27.5 Å². The molecule has 0 fully saturated rings. The highest BCUT2D eigenvalue weighted by molar-refractivity contribution is 5.95. The Bertz CT molecular complexity index is 512. The van der Waals surface area contributed by atoms with Gasteiger partial charge in [0.25, 0.3) is 5.91 Å². The van der Waals surface area contributed by atoms with Crippen LogP contribution in [0.15, 0.2) is 18.3 Å². The Balaban J connectivity index is 2.96. The number of amides is 1. The lowest BCUT2D eigenvalue weighted by Crippen LogP contribution is -2.56. The molecule has 0 saturated heterocycles. The van der Waals surface area contributed by atoms with E-state index in [-0.39, 0.29) is 5.56 Å². The molecule has 0 bridgehead atoms. The maximum atomic E-state index is 12.9. The number of rotatable bonds is 4. The Kier molecular flexibility index (Phi) is 3.93. The number of halogens is 1. The van der Waals surface area contributed by atoms with E-state index in [0.717, 1.165) is 6.07 Å². The van der Waals surface area contributed by atoms with Crippen molar-refractivity contribution < 1.29 is 19.1 Å². The van der Waals surface area contributed by atoms with Gasteiger partial charge in [-0.05, 0) is 33.8 Å². The van der Waals surface area contributed by atoms with E-state index in [4.69, 9.17) is 0 Å². The molecule has 0 saturated carbocycles. The van der Waals surface area contributed by atoms with Gasteiger partial charge in [-0.25, -0.2) is 4.98 Å². The van der Waals surface area contributed by atoms with Crippen LogP contribution in [0.4, 0.5) is 4.39 Å². The summed E-state index contributed by atoms with van der Waals surface area (Å²) in [5, 5.41) is 11.8. The average Bonchev–Trinajstić information content (AvgIpc) is 2.27. The van der Waals surface area contributed by atoms with Crippen molar-refractivity contribution in [2.75, 3.05) is 0 Å². The topological polar surface area (TPSA) is 79.3 Å². The summed E-state index contributed by atoms with van der Waals surface area (Å²) >= 11 is 0. The van der Waals surface area contributed by atoms with Crippen LogP contribution in [0.5, 0.6) is 0 Å². The normalized spacial score (nSPS) is 12.1. The fraction of sp³-hybridized carbons (Fsp3) is 0.462. The van der Waals surface area contributed by atoms with E-state index >= 15 is 0 Å². The molecule has 104 valence electrons. The molecule has 1 amide bonds. The smallest absolute Gasteiger partial charge is 0.311 e. The Morgan fingerprint density at radius 2 is 1.89 bits per heavy atom. The molecule has 1 heterocycles. The Morgan fingerprint density at radius 3 is 2.37 bits per heavy atom. The Hall–Kier alpha value is -1.98. The van der Waals surface area contributed by atoms with Crippen LogP contribution in [0.1, 0.15) is 38.1 Å². The van der Waals surface area contributed by atoms with Gasteiger partial charge in [-0.3, -0.25) is 9.59 Å². The zero-order chi connectivity index (χ0) is 14.8. The number of aromatic nitrogens is 1. The van der Waals surface area contributed by atoms with E-state index in [1.165, 1.54) is 26.1 Å². The maximum Gasteiger partial charge on any atom is 0.311 e. The van der Waals surface area contributed by atoms with Gasteiger partial charge >= 0.3 is 5.97 Å². The molecule has 0 spiro atoms. The third-order valence-electron chi connectivity index (χ3n) is 3.51. The van der Waals surface area contributed by atoms with E-state index in [0.29, 0.717) is 0 Å². The Morgan fingerprint density at radius 1 is 1.32 bits per heavy atom. The first-order valence-electron chi connectivity index (χ1n) is 5.75. The minimum atomic E-state index is -1.17. The molecular weight excluding hydrogens is 251 g/mol. The summed E-state index contributed by atoms with van der Waals surface area (Å²) in [5.74, 6) is -2.33. The van der Waals surface area contributed by atoms with Crippen molar-refractivity contribution in [2.24, 2.45) is 5.41 Å². The van der Waals surface area contributed by atoms with Crippen LogP contribution in [-0.2, 0) is 4.79 Å². The highest BCUT2D eigenvalue weighted by Gasteiger charge is 2.44. The average molecular weight is 268 g/mol. The molecule has 19 heavy (non-hydrogen) atoms. The van der Waals surface area contributed by atoms with Crippen molar-refractivity contribution in [1.82, 2.24) is 10.3 Å². The molecule has 0 radical (unpaired) electrons. The summed E-state index contributed by atoms with van der Waals surface area (Å²) in [6, 6.07) is 2.36. The van der Waals surface area contributed by atoms with E-state index in [1.54, 1.807) is 13.8 Å². The quantitative estimate of drug-likeness (QED) is 0.817. The molecule has 1 rings (SSSR count). The second kappa shape index (κ2) is 4.95. The molecule has 0 aromatic carbocycles. The zero-order valence-corrected chi connectivity index (χ0v) is 11.3. The number of carboxylic acids is 1. The number of pyridine rings is 1. The van der Waals surface area contributed by atoms with Gasteiger partial charge in [0.2, 0.25) is 5.95 Å². The van der Waals surface area contributed by atoms with Gasteiger partial charge in [-0.15, -0.1) is 0 Å². The van der Waals surface area contributed by atoms with Gasteiger partial charge in [0.05, 0.1) is 11.0 Å². The van der Waals surface area contributed by atoms with Crippen molar-refractivity contribution in [2.45, 2.75) is 33.2 Å². The SMILES string of the molecule is CC(C)(NC(=O)c1ccnc(F)c1)C(C)(C)C(=O)O. The first kappa shape index (κ1) is 15.1. The monoisotopic (exact) mass is 268 g/mol. The summed E-state index contributed by atoms with van der Waals surface area (Å²) in [6.07, 6.45) is 1.18.